The Bertz CT molecular complexity index is 98.1. The number of hydrogen-bond donors (Lipinski definition) is 2. The van der Waals surface area contributed by atoms with E-state index in [-0.39, 0.29) is 0 Å². The van der Waals surface area contributed by atoms with Crippen molar-refractivity contribution >= 4 is 0 Å². The van der Waals surface area contributed by atoms with Crippen LogP contribution in [0.15, 0.2) is 0 Å². The zero-order chi connectivity index (χ0) is 9.07. The second-order valence-electron chi connectivity index (χ2n) is 3.62. The summed E-state index contributed by atoms with van der Waals surface area (Å²) in [6.45, 7) is 8.49. The first-order valence-corrected chi connectivity index (χ1v) is 4.54. The lowest BCUT2D eigenvalue weighted by Crippen LogP contribution is -2.59. The van der Waals surface area contributed by atoms with Gasteiger partial charge in [0.25, 0.3) is 0 Å². The van der Waals surface area contributed by atoms with Crippen LogP contribution >= 0.6 is 0 Å². The van der Waals surface area contributed by atoms with Crippen molar-refractivity contribution in [2.24, 2.45) is 23.3 Å². The molecule has 0 bridgehead atoms. The SMILES string of the molecule is CCC(C)C(N)(N)C(C)CC. The third kappa shape index (κ3) is 2.46. The van der Waals surface area contributed by atoms with Crippen LogP contribution in [-0.2, 0) is 0 Å². The third-order valence-corrected chi connectivity index (χ3v) is 2.93. The van der Waals surface area contributed by atoms with Crippen LogP contribution in [0.2, 0.25) is 0 Å². The van der Waals surface area contributed by atoms with Gasteiger partial charge in [0.05, 0.1) is 5.66 Å². The summed E-state index contributed by atoms with van der Waals surface area (Å²) in [5, 5.41) is 0. The van der Waals surface area contributed by atoms with Crippen molar-refractivity contribution in [2.75, 3.05) is 0 Å². The lowest BCUT2D eigenvalue weighted by molar-refractivity contribution is 0.195. The fourth-order valence-electron chi connectivity index (χ4n) is 1.19. The van der Waals surface area contributed by atoms with E-state index in [0.717, 1.165) is 12.8 Å². The molecule has 0 aromatic heterocycles. The van der Waals surface area contributed by atoms with Crippen molar-refractivity contribution in [1.82, 2.24) is 0 Å². The lowest BCUT2D eigenvalue weighted by atomic mass is 9.82. The van der Waals surface area contributed by atoms with Crippen LogP contribution in [0.5, 0.6) is 0 Å². The molecule has 68 valence electrons. The molecule has 0 saturated carbocycles. The Balaban J connectivity index is 4.18. The number of nitrogens with two attached hydrogens (primary N) is 2. The Kier molecular flexibility index (Phi) is 4.04. The summed E-state index contributed by atoms with van der Waals surface area (Å²) in [5.41, 5.74) is 11.5. The van der Waals surface area contributed by atoms with Gasteiger partial charge in [-0.25, -0.2) is 0 Å². The zero-order valence-corrected chi connectivity index (χ0v) is 8.22. The Morgan fingerprint density at radius 3 is 1.45 bits per heavy atom. The van der Waals surface area contributed by atoms with Gasteiger partial charge in [-0.05, 0) is 11.8 Å². The molecule has 0 fully saturated rings. The van der Waals surface area contributed by atoms with E-state index >= 15 is 0 Å². The maximum absolute atomic E-state index is 6.00. The molecule has 0 aliphatic rings. The van der Waals surface area contributed by atoms with Crippen molar-refractivity contribution in [2.45, 2.75) is 46.2 Å². The van der Waals surface area contributed by atoms with Gasteiger partial charge in [-0.3, -0.25) is 0 Å². The van der Waals surface area contributed by atoms with Gasteiger partial charge >= 0.3 is 0 Å². The molecule has 0 aromatic carbocycles. The molecule has 0 aromatic rings. The Hall–Kier alpha value is -0.0800. The van der Waals surface area contributed by atoms with E-state index in [0.29, 0.717) is 11.8 Å². The smallest absolute Gasteiger partial charge is 0.0688 e. The average Bonchev–Trinajstić information content (AvgIpc) is 2.01. The highest BCUT2D eigenvalue weighted by molar-refractivity contribution is 4.86. The molecule has 0 amide bonds. The Morgan fingerprint density at radius 2 is 1.27 bits per heavy atom. The summed E-state index contributed by atoms with van der Waals surface area (Å²) in [6.07, 6.45) is 2.11. The molecule has 0 radical (unpaired) electrons. The van der Waals surface area contributed by atoms with Gasteiger partial charge in [-0.1, -0.05) is 40.5 Å². The third-order valence-electron chi connectivity index (χ3n) is 2.93. The summed E-state index contributed by atoms with van der Waals surface area (Å²) in [7, 11) is 0. The molecule has 4 N–H and O–H groups in total. The lowest BCUT2D eigenvalue weighted by Gasteiger charge is -2.36. The first kappa shape index (κ1) is 10.9. The van der Waals surface area contributed by atoms with Crippen LogP contribution in [-0.4, -0.2) is 5.66 Å². The van der Waals surface area contributed by atoms with Crippen LogP contribution in [0.3, 0.4) is 0 Å². The monoisotopic (exact) mass is 158 g/mol. The minimum Gasteiger partial charge on any atom is -0.313 e. The van der Waals surface area contributed by atoms with Gasteiger partial charge < -0.3 is 11.5 Å². The van der Waals surface area contributed by atoms with E-state index in [1.165, 1.54) is 0 Å². The fraction of sp³-hybridized carbons (Fsp3) is 1.00. The maximum Gasteiger partial charge on any atom is 0.0688 e. The van der Waals surface area contributed by atoms with E-state index in [9.17, 15) is 0 Å². The van der Waals surface area contributed by atoms with Crippen LogP contribution in [0, 0.1) is 11.8 Å². The quantitative estimate of drug-likeness (QED) is 0.612. The number of rotatable bonds is 4. The molecule has 0 heterocycles. The number of hydrogen-bond acceptors (Lipinski definition) is 2. The molecule has 0 aliphatic heterocycles. The highest BCUT2D eigenvalue weighted by Gasteiger charge is 2.30. The molecular weight excluding hydrogens is 136 g/mol. The van der Waals surface area contributed by atoms with Crippen molar-refractivity contribution in [3.05, 3.63) is 0 Å². The Morgan fingerprint density at radius 1 is 1.00 bits per heavy atom. The highest BCUT2D eigenvalue weighted by Crippen LogP contribution is 2.22. The average molecular weight is 158 g/mol. The molecule has 2 nitrogen and oxygen atoms in total. The van der Waals surface area contributed by atoms with Crippen molar-refractivity contribution in [3.8, 4) is 0 Å². The van der Waals surface area contributed by atoms with Gasteiger partial charge in [-0.15, -0.1) is 0 Å². The van der Waals surface area contributed by atoms with Gasteiger partial charge in [0.2, 0.25) is 0 Å². The normalized spacial score (nSPS) is 18.0. The molecule has 0 rings (SSSR count). The van der Waals surface area contributed by atoms with Crippen molar-refractivity contribution in [3.63, 3.8) is 0 Å². The van der Waals surface area contributed by atoms with Gasteiger partial charge in [0.15, 0.2) is 0 Å². The summed E-state index contributed by atoms with van der Waals surface area (Å²) < 4.78 is 0. The fourth-order valence-corrected chi connectivity index (χ4v) is 1.19. The van der Waals surface area contributed by atoms with E-state index < -0.39 is 5.66 Å². The summed E-state index contributed by atoms with van der Waals surface area (Å²) in [6, 6.07) is 0. The summed E-state index contributed by atoms with van der Waals surface area (Å²) >= 11 is 0. The second-order valence-corrected chi connectivity index (χ2v) is 3.62. The summed E-state index contributed by atoms with van der Waals surface area (Å²) in [5.74, 6) is 0.801. The van der Waals surface area contributed by atoms with Gasteiger partial charge in [-0.2, -0.15) is 0 Å². The molecule has 2 heteroatoms. The molecule has 0 spiro atoms. The Labute approximate surface area is 70.3 Å². The largest absolute Gasteiger partial charge is 0.313 e. The molecule has 2 unspecified atom stereocenters. The van der Waals surface area contributed by atoms with E-state index in [4.69, 9.17) is 11.5 Å². The predicted octanol–water partition coefficient (Wildman–Crippen LogP) is 1.69. The first-order chi connectivity index (χ1) is 4.96. The molecule has 2 atom stereocenters. The second kappa shape index (κ2) is 4.07. The van der Waals surface area contributed by atoms with Crippen molar-refractivity contribution in [1.29, 1.82) is 0 Å². The van der Waals surface area contributed by atoms with Crippen LogP contribution in [0.1, 0.15) is 40.5 Å². The van der Waals surface area contributed by atoms with Crippen LogP contribution in [0.25, 0.3) is 0 Å². The van der Waals surface area contributed by atoms with Crippen LogP contribution < -0.4 is 11.5 Å². The zero-order valence-electron chi connectivity index (χ0n) is 8.22. The molecule has 11 heavy (non-hydrogen) atoms. The van der Waals surface area contributed by atoms with E-state index in [2.05, 4.69) is 27.7 Å². The molecule has 0 aliphatic carbocycles. The maximum atomic E-state index is 6.00. The predicted molar refractivity (Wildman–Crippen MR) is 50.0 cm³/mol. The van der Waals surface area contributed by atoms with Gasteiger partial charge in [0.1, 0.15) is 0 Å². The van der Waals surface area contributed by atoms with Crippen LogP contribution in [0.4, 0.5) is 0 Å². The van der Waals surface area contributed by atoms with Crippen molar-refractivity contribution < 1.29 is 0 Å². The highest BCUT2D eigenvalue weighted by atomic mass is 15.0. The minimum atomic E-state index is -0.483. The summed E-state index contributed by atoms with van der Waals surface area (Å²) in [4.78, 5) is 0. The first-order valence-electron chi connectivity index (χ1n) is 4.54. The van der Waals surface area contributed by atoms with Gasteiger partial charge in [0, 0.05) is 0 Å². The minimum absolute atomic E-state index is 0.400. The van der Waals surface area contributed by atoms with E-state index in [1.54, 1.807) is 0 Å². The topological polar surface area (TPSA) is 52.0 Å². The standard InChI is InChI=1S/C9H22N2/c1-5-7(3)9(10,11)8(4)6-2/h7-8H,5-6,10-11H2,1-4H3. The molecular formula is C9H22N2. The van der Waals surface area contributed by atoms with E-state index in [1.807, 2.05) is 0 Å². The molecule has 0 saturated heterocycles.